The number of carbonyl (C=O) groups excluding carboxylic acids is 2. The molecule has 0 radical (unpaired) electrons. The second-order valence-corrected chi connectivity index (χ2v) is 7.20. The van der Waals surface area contributed by atoms with Gasteiger partial charge in [-0.1, -0.05) is 30.3 Å². The summed E-state index contributed by atoms with van der Waals surface area (Å²) >= 11 is 0. The van der Waals surface area contributed by atoms with Gasteiger partial charge in [-0.25, -0.2) is 9.59 Å². The molecule has 0 unspecified atom stereocenters. The molecule has 1 amide bonds. The second-order valence-electron chi connectivity index (χ2n) is 7.20. The zero-order chi connectivity index (χ0) is 18.2. The Hall–Kier alpha value is -2.12. The van der Waals surface area contributed by atoms with Crippen molar-refractivity contribution in [3.05, 3.63) is 35.9 Å². The largest absolute Gasteiger partial charge is 0.467 e. The maximum Gasteiger partial charge on any atom is 0.410 e. The highest BCUT2D eigenvalue weighted by atomic mass is 16.8. The zero-order valence-corrected chi connectivity index (χ0v) is 14.9. The maximum atomic E-state index is 12.5. The van der Waals surface area contributed by atoms with Crippen molar-refractivity contribution in [1.29, 1.82) is 0 Å². The number of amides is 1. The number of hydrogen-bond acceptors (Lipinski definition) is 6. The highest BCUT2D eigenvalue weighted by molar-refractivity contribution is 5.76. The van der Waals surface area contributed by atoms with Crippen molar-refractivity contribution in [3.8, 4) is 0 Å². The molecule has 0 aliphatic carbocycles. The van der Waals surface area contributed by atoms with E-state index < -0.39 is 35.7 Å². The third kappa shape index (κ3) is 3.48. The van der Waals surface area contributed by atoms with Gasteiger partial charge in [0.25, 0.3) is 0 Å². The first kappa shape index (κ1) is 17.7. The molecule has 0 saturated carbocycles. The van der Waals surface area contributed by atoms with E-state index in [0.717, 1.165) is 5.56 Å². The van der Waals surface area contributed by atoms with E-state index in [0.29, 0.717) is 0 Å². The van der Waals surface area contributed by atoms with Gasteiger partial charge in [0.15, 0.2) is 6.10 Å². The Bertz CT molecular complexity index is 655. The van der Waals surface area contributed by atoms with Gasteiger partial charge in [0.05, 0.1) is 20.2 Å². The van der Waals surface area contributed by atoms with Crippen molar-refractivity contribution in [1.82, 2.24) is 4.90 Å². The smallest absolute Gasteiger partial charge is 0.410 e. The molecule has 3 rings (SSSR count). The lowest BCUT2D eigenvalue weighted by atomic mass is 10.0. The van der Waals surface area contributed by atoms with Crippen LogP contribution in [0.5, 0.6) is 0 Å². The van der Waals surface area contributed by atoms with Crippen LogP contribution in [-0.2, 0) is 29.5 Å². The van der Waals surface area contributed by atoms with Crippen molar-refractivity contribution in [2.75, 3.05) is 20.2 Å². The third-order valence-electron chi connectivity index (χ3n) is 4.09. The molecule has 136 valence electrons. The molecule has 7 nitrogen and oxygen atoms in total. The van der Waals surface area contributed by atoms with Crippen LogP contribution in [0.2, 0.25) is 0 Å². The van der Waals surface area contributed by atoms with E-state index in [9.17, 15) is 9.59 Å². The monoisotopic (exact) mass is 349 g/mol. The Morgan fingerprint density at radius 1 is 1.20 bits per heavy atom. The number of methoxy groups -OCH3 is 1. The molecule has 7 heteroatoms. The van der Waals surface area contributed by atoms with Gasteiger partial charge in [-0.3, -0.25) is 4.90 Å². The van der Waals surface area contributed by atoms with Crippen LogP contribution in [0.25, 0.3) is 0 Å². The first-order valence-electron chi connectivity index (χ1n) is 8.21. The molecule has 2 bridgehead atoms. The van der Waals surface area contributed by atoms with Gasteiger partial charge in [-0.15, -0.1) is 0 Å². The minimum atomic E-state index is -1.21. The van der Waals surface area contributed by atoms with E-state index in [-0.39, 0.29) is 13.1 Å². The van der Waals surface area contributed by atoms with Crippen LogP contribution in [0.4, 0.5) is 4.79 Å². The molecule has 2 saturated heterocycles. The van der Waals surface area contributed by atoms with Gasteiger partial charge >= 0.3 is 12.1 Å². The van der Waals surface area contributed by atoms with E-state index in [1.807, 2.05) is 30.3 Å². The lowest BCUT2D eigenvalue weighted by Crippen LogP contribution is -2.53. The van der Waals surface area contributed by atoms with E-state index >= 15 is 0 Å². The first-order chi connectivity index (χ1) is 11.7. The highest BCUT2D eigenvalue weighted by Crippen LogP contribution is 2.42. The predicted molar refractivity (Wildman–Crippen MR) is 87.7 cm³/mol. The first-order valence-corrected chi connectivity index (χ1v) is 8.21. The molecule has 25 heavy (non-hydrogen) atoms. The molecular formula is C18H23NO6. The number of benzene rings is 1. The molecule has 3 atom stereocenters. The summed E-state index contributed by atoms with van der Waals surface area (Å²) in [6.07, 6.45) is -1.97. The van der Waals surface area contributed by atoms with E-state index in [1.54, 1.807) is 20.8 Å². The predicted octanol–water partition coefficient (Wildman–Crippen LogP) is 2.05. The van der Waals surface area contributed by atoms with Crippen LogP contribution in [-0.4, -0.2) is 55.0 Å². The van der Waals surface area contributed by atoms with Crippen LogP contribution in [0, 0.1) is 0 Å². The van der Waals surface area contributed by atoms with E-state index in [4.69, 9.17) is 18.9 Å². The maximum absolute atomic E-state index is 12.5. The summed E-state index contributed by atoms with van der Waals surface area (Å²) in [5.41, 5.74) is 0.122. The molecule has 1 aromatic carbocycles. The molecule has 2 aliphatic heterocycles. The van der Waals surface area contributed by atoms with Crippen molar-refractivity contribution < 1.29 is 28.5 Å². The summed E-state index contributed by atoms with van der Waals surface area (Å²) in [5.74, 6) is -1.73. The molecule has 1 aromatic rings. The summed E-state index contributed by atoms with van der Waals surface area (Å²) in [6, 6.07) is 9.26. The molecule has 2 fully saturated rings. The average Bonchev–Trinajstić information content (AvgIpc) is 2.85. The van der Waals surface area contributed by atoms with Gasteiger partial charge in [0.1, 0.15) is 11.7 Å². The van der Waals surface area contributed by atoms with Crippen LogP contribution in [0.3, 0.4) is 0 Å². The van der Waals surface area contributed by atoms with Crippen LogP contribution >= 0.6 is 0 Å². The van der Waals surface area contributed by atoms with Crippen LogP contribution in [0.1, 0.15) is 26.3 Å². The summed E-state index contributed by atoms with van der Waals surface area (Å²) in [7, 11) is 1.30. The lowest BCUT2D eigenvalue weighted by molar-refractivity contribution is -0.214. The molecule has 2 aliphatic rings. The Morgan fingerprint density at radius 3 is 2.48 bits per heavy atom. The molecule has 0 spiro atoms. The van der Waals surface area contributed by atoms with Crippen molar-refractivity contribution in [3.63, 3.8) is 0 Å². The molecular weight excluding hydrogens is 326 g/mol. The highest BCUT2D eigenvalue weighted by Gasteiger charge is 2.57. The summed E-state index contributed by atoms with van der Waals surface area (Å²) in [4.78, 5) is 26.1. The van der Waals surface area contributed by atoms with Gasteiger partial charge in [-0.2, -0.15) is 0 Å². The van der Waals surface area contributed by atoms with E-state index in [2.05, 4.69) is 0 Å². The molecule has 0 aromatic heterocycles. The van der Waals surface area contributed by atoms with Crippen LogP contribution in [0.15, 0.2) is 30.3 Å². The Balaban J connectivity index is 1.91. The number of morpholine rings is 1. The Labute approximate surface area is 146 Å². The Kier molecular flexibility index (Phi) is 4.47. The van der Waals surface area contributed by atoms with Gasteiger partial charge in [0, 0.05) is 5.56 Å². The number of fused-ring (bicyclic) bond motifs is 2. The number of ether oxygens (including phenoxy) is 4. The molecule has 2 heterocycles. The number of nitrogens with zero attached hydrogens (tertiary/aromatic N) is 1. The summed E-state index contributed by atoms with van der Waals surface area (Å²) in [6.45, 7) is 5.75. The van der Waals surface area contributed by atoms with Gasteiger partial charge < -0.3 is 18.9 Å². The summed E-state index contributed by atoms with van der Waals surface area (Å²) < 4.78 is 22.3. The second kappa shape index (κ2) is 6.31. The minimum Gasteiger partial charge on any atom is -0.467 e. The fraction of sp³-hybridized carbons (Fsp3) is 0.556. The normalized spacial score (nSPS) is 28.6. The number of carbonyl (C=O) groups is 2. The van der Waals surface area contributed by atoms with E-state index in [1.165, 1.54) is 12.0 Å². The minimum absolute atomic E-state index is 0.135. The quantitative estimate of drug-likeness (QED) is 0.761. The van der Waals surface area contributed by atoms with Crippen molar-refractivity contribution >= 4 is 12.1 Å². The van der Waals surface area contributed by atoms with Crippen LogP contribution < -0.4 is 0 Å². The SMILES string of the molecule is COC(=O)[C@@H]1O[C@@]2(c3ccccc3)CN(C(=O)OC(C)(C)C)C[C@@H]1O2. The zero-order valence-electron chi connectivity index (χ0n) is 14.9. The third-order valence-corrected chi connectivity index (χ3v) is 4.09. The number of rotatable bonds is 2. The summed E-state index contributed by atoms with van der Waals surface area (Å²) in [5, 5.41) is 0. The number of esters is 1. The van der Waals surface area contributed by atoms with Gasteiger partial charge in [0.2, 0.25) is 5.79 Å². The fourth-order valence-corrected chi connectivity index (χ4v) is 3.06. The molecule has 0 N–H and O–H groups in total. The average molecular weight is 349 g/mol. The number of hydrogen-bond donors (Lipinski definition) is 0. The standard InChI is InChI=1S/C18H23NO6/c1-17(2,3)25-16(21)19-10-13-14(15(20)22-4)24-18(11-19,23-13)12-8-6-5-7-9-12/h5-9,13-14H,10-11H2,1-4H3/t13-,14+,18+/m0/s1. The fourth-order valence-electron chi connectivity index (χ4n) is 3.06. The topological polar surface area (TPSA) is 74.3 Å². The van der Waals surface area contributed by atoms with Crippen molar-refractivity contribution in [2.24, 2.45) is 0 Å². The lowest BCUT2D eigenvalue weighted by Gasteiger charge is -2.39. The van der Waals surface area contributed by atoms with Crippen molar-refractivity contribution in [2.45, 2.75) is 44.4 Å². The van der Waals surface area contributed by atoms with Gasteiger partial charge in [-0.05, 0) is 20.8 Å². The Morgan fingerprint density at radius 2 is 1.88 bits per heavy atom.